The molecule has 2 N–H and O–H groups in total. The van der Waals surface area contributed by atoms with E-state index < -0.39 is 0 Å². The molecule has 0 radical (unpaired) electrons. The van der Waals surface area contributed by atoms with E-state index in [0.29, 0.717) is 0 Å². The molecule has 0 atom stereocenters. The molecule has 0 bridgehead atoms. The number of hydrogen-bond donors (Lipinski definition) is 2. The Kier molecular flexibility index (Phi) is 6.41. The summed E-state index contributed by atoms with van der Waals surface area (Å²) < 4.78 is 0. The van der Waals surface area contributed by atoms with Gasteiger partial charge < -0.3 is 10.6 Å². The number of aromatic nitrogens is 4. The van der Waals surface area contributed by atoms with Gasteiger partial charge in [-0.05, 0) is 0 Å². The molecule has 4 aromatic rings. The van der Waals surface area contributed by atoms with Gasteiger partial charge in [-0.2, -0.15) is 10.2 Å². The van der Waals surface area contributed by atoms with Crippen LogP contribution in [0.5, 0.6) is 0 Å². The summed E-state index contributed by atoms with van der Waals surface area (Å²) in [5.41, 5.74) is 0. The second-order valence-corrected chi connectivity index (χ2v) is 8.76. The molecule has 2 aromatic carbocycles. The van der Waals surface area contributed by atoms with Crippen LogP contribution >= 0.6 is 21.6 Å². The Bertz CT molecular complexity index is 963. The molecular weight excluding hydrogens is 388 g/mol. The monoisotopic (exact) mass is 408 g/mol. The van der Waals surface area contributed by atoms with Crippen LogP contribution in [-0.2, 0) is 0 Å². The van der Waals surface area contributed by atoms with Crippen molar-refractivity contribution in [1.29, 1.82) is 0 Å². The molecule has 0 aliphatic carbocycles. The van der Waals surface area contributed by atoms with E-state index in [0.717, 1.165) is 57.8 Å². The molecule has 0 spiro atoms. The van der Waals surface area contributed by atoms with Crippen LogP contribution in [0.25, 0.3) is 21.5 Å². The third-order valence-electron chi connectivity index (χ3n) is 4.18. The minimum atomic E-state index is 0.847. The fourth-order valence-electron chi connectivity index (χ4n) is 2.86. The number of hydrogen-bond acceptors (Lipinski definition) is 8. The van der Waals surface area contributed by atoms with Crippen molar-refractivity contribution in [3.63, 3.8) is 0 Å². The smallest absolute Gasteiger partial charge is 0.156 e. The number of benzene rings is 2. The average molecular weight is 409 g/mol. The second-order valence-electron chi connectivity index (χ2n) is 6.06. The van der Waals surface area contributed by atoms with Crippen molar-refractivity contribution in [3.8, 4) is 0 Å². The van der Waals surface area contributed by atoms with E-state index in [4.69, 9.17) is 0 Å². The van der Waals surface area contributed by atoms with Gasteiger partial charge in [0.2, 0.25) is 0 Å². The Balaban J connectivity index is 1.16. The zero-order valence-electron chi connectivity index (χ0n) is 15.2. The number of rotatable bonds is 9. The zero-order chi connectivity index (χ0) is 19.0. The molecule has 0 saturated carbocycles. The summed E-state index contributed by atoms with van der Waals surface area (Å²) in [6, 6.07) is 16.3. The van der Waals surface area contributed by atoms with E-state index in [1.54, 1.807) is 12.4 Å². The maximum Gasteiger partial charge on any atom is 0.156 e. The number of nitrogens with zero attached hydrogens (tertiary/aromatic N) is 4. The topological polar surface area (TPSA) is 75.6 Å². The van der Waals surface area contributed by atoms with Gasteiger partial charge in [-0.15, -0.1) is 10.2 Å². The third-order valence-corrected chi connectivity index (χ3v) is 6.59. The van der Waals surface area contributed by atoms with E-state index in [1.165, 1.54) is 0 Å². The molecule has 142 valence electrons. The van der Waals surface area contributed by atoms with Gasteiger partial charge in [-0.3, -0.25) is 0 Å². The first-order valence-corrected chi connectivity index (χ1v) is 11.5. The Hall–Kier alpha value is -2.58. The van der Waals surface area contributed by atoms with Gasteiger partial charge in [0.25, 0.3) is 0 Å². The summed E-state index contributed by atoms with van der Waals surface area (Å²) in [6.07, 6.45) is 3.58. The van der Waals surface area contributed by atoms with E-state index >= 15 is 0 Å². The summed E-state index contributed by atoms with van der Waals surface area (Å²) in [5.74, 6) is 3.67. The summed E-state index contributed by atoms with van der Waals surface area (Å²) in [6.45, 7) is 1.70. The standard InChI is InChI=1S/C20H20N6S2/c1-3-7-17-15(5-1)13-23-25-19(17)21-9-11-27-28-12-10-22-20-18-8-4-2-6-16(18)14-24-26-20/h1-8,13-14H,9-12H2,(H,21,25)(H,22,26). The lowest BCUT2D eigenvalue weighted by Gasteiger charge is -2.08. The van der Waals surface area contributed by atoms with Gasteiger partial charge in [0.1, 0.15) is 0 Å². The third kappa shape index (κ3) is 4.63. The van der Waals surface area contributed by atoms with E-state index in [9.17, 15) is 0 Å². The number of fused-ring (bicyclic) bond motifs is 2. The first-order valence-electron chi connectivity index (χ1n) is 9.05. The first-order chi connectivity index (χ1) is 13.9. The summed E-state index contributed by atoms with van der Waals surface area (Å²) >= 11 is 0. The van der Waals surface area contributed by atoms with Gasteiger partial charge >= 0.3 is 0 Å². The molecule has 8 heteroatoms. The molecule has 28 heavy (non-hydrogen) atoms. The van der Waals surface area contributed by atoms with Crippen molar-refractivity contribution < 1.29 is 0 Å². The molecule has 0 saturated heterocycles. The van der Waals surface area contributed by atoms with Gasteiger partial charge in [0.15, 0.2) is 11.6 Å². The normalized spacial score (nSPS) is 11.0. The molecule has 0 amide bonds. The van der Waals surface area contributed by atoms with Crippen LogP contribution in [0.15, 0.2) is 60.9 Å². The van der Waals surface area contributed by atoms with Crippen molar-refractivity contribution in [3.05, 3.63) is 60.9 Å². The van der Waals surface area contributed by atoms with Gasteiger partial charge in [-0.25, -0.2) is 0 Å². The highest BCUT2D eigenvalue weighted by atomic mass is 33.1. The van der Waals surface area contributed by atoms with Crippen molar-refractivity contribution in [2.75, 3.05) is 35.2 Å². The molecule has 0 unspecified atom stereocenters. The summed E-state index contributed by atoms with van der Waals surface area (Å²) in [7, 11) is 3.69. The molecule has 0 aliphatic rings. The lowest BCUT2D eigenvalue weighted by Crippen LogP contribution is -2.08. The second kappa shape index (κ2) is 9.57. The average Bonchev–Trinajstić information content (AvgIpc) is 2.76. The van der Waals surface area contributed by atoms with Crippen LogP contribution in [0, 0.1) is 0 Å². The number of nitrogens with one attached hydrogen (secondary N) is 2. The van der Waals surface area contributed by atoms with Crippen LogP contribution in [0.4, 0.5) is 11.6 Å². The lowest BCUT2D eigenvalue weighted by atomic mass is 10.2. The van der Waals surface area contributed by atoms with Crippen molar-refractivity contribution >= 4 is 54.8 Å². The minimum absolute atomic E-state index is 0.847. The van der Waals surface area contributed by atoms with E-state index in [2.05, 4.69) is 43.2 Å². The molecule has 0 aliphatic heterocycles. The van der Waals surface area contributed by atoms with Crippen molar-refractivity contribution in [1.82, 2.24) is 20.4 Å². The van der Waals surface area contributed by atoms with Crippen molar-refractivity contribution in [2.24, 2.45) is 0 Å². The summed E-state index contributed by atoms with van der Waals surface area (Å²) in [4.78, 5) is 0. The summed E-state index contributed by atoms with van der Waals surface area (Å²) in [5, 5.41) is 27.7. The Morgan fingerprint density at radius 1 is 0.643 bits per heavy atom. The molecule has 6 nitrogen and oxygen atoms in total. The van der Waals surface area contributed by atoms with Gasteiger partial charge in [-0.1, -0.05) is 70.1 Å². The predicted octanol–water partition coefficient (Wildman–Crippen LogP) is 4.48. The minimum Gasteiger partial charge on any atom is -0.367 e. The van der Waals surface area contributed by atoms with E-state index in [1.807, 2.05) is 58.0 Å². The van der Waals surface area contributed by atoms with Gasteiger partial charge in [0, 0.05) is 46.1 Å². The highest BCUT2D eigenvalue weighted by Gasteiger charge is 2.03. The Morgan fingerprint density at radius 3 is 1.61 bits per heavy atom. The Morgan fingerprint density at radius 2 is 1.11 bits per heavy atom. The number of anilines is 2. The zero-order valence-corrected chi connectivity index (χ0v) is 16.8. The predicted molar refractivity (Wildman–Crippen MR) is 121 cm³/mol. The van der Waals surface area contributed by atoms with Crippen LogP contribution in [-0.4, -0.2) is 45.0 Å². The molecule has 2 heterocycles. The largest absolute Gasteiger partial charge is 0.367 e. The molecular formula is C20H20N6S2. The Labute approximate surface area is 171 Å². The first kappa shape index (κ1) is 18.8. The lowest BCUT2D eigenvalue weighted by molar-refractivity contribution is 1.03. The fraction of sp³-hybridized carbons (Fsp3) is 0.200. The maximum atomic E-state index is 4.21. The van der Waals surface area contributed by atoms with Crippen molar-refractivity contribution in [2.45, 2.75) is 0 Å². The van der Waals surface area contributed by atoms with E-state index in [-0.39, 0.29) is 0 Å². The fourth-order valence-corrected chi connectivity index (χ4v) is 4.67. The highest BCUT2D eigenvalue weighted by molar-refractivity contribution is 8.76. The maximum absolute atomic E-state index is 4.21. The quantitative estimate of drug-likeness (QED) is 0.310. The van der Waals surface area contributed by atoms with Crippen LogP contribution < -0.4 is 10.6 Å². The SMILES string of the molecule is c1ccc2c(NCCSSCCNc3nncc4ccccc34)nncc2c1. The highest BCUT2D eigenvalue weighted by Crippen LogP contribution is 2.23. The molecule has 2 aromatic heterocycles. The molecule has 4 rings (SSSR count). The van der Waals surface area contributed by atoms with Crippen LogP contribution in [0.2, 0.25) is 0 Å². The molecule has 0 fully saturated rings. The van der Waals surface area contributed by atoms with Crippen LogP contribution in [0.3, 0.4) is 0 Å². The van der Waals surface area contributed by atoms with Crippen LogP contribution in [0.1, 0.15) is 0 Å². The van der Waals surface area contributed by atoms with Gasteiger partial charge in [0.05, 0.1) is 12.4 Å².